The van der Waals surface area contributed by atoms with E-state index in [2.05, 4.69) is 20.1 Å². The number of phenols is 1. The smallest absolute Gasteiger partial charge is 0.182 e. The van der Waals surface area contributed by atoms with Crippen molar-refractivity contribution in [2.45, 2.75) is 32.0 Å². The van der Waals surface area contributed by atoms with Crippen molar-refractivity contribution in [1.29, 1.82) is 0 Å². The first kappa shape index (κ1) is 18.1. The maximum atomic E-state index is 15.2. The number of aromatic hydroxyl groups is 1. The molecule has 0 atom stereocenters. The molecule has 142 valence electrons. The molecule has 1 N–H and O–H groups in total. The van der Waals surface area contributed by atoms with Gasteiger partial charge in [0.2, 0.25) is 0 Å². The molecule has 0 saturated carbocycles. The fourth-order valence-electron chi connectivity index (χ4n) is 3.64. The Balaban J connectivity index is 1.66. The van der Waals surface area contributed by atoms with Crippen LogP contribution in [0.2, 0.25) is 5.02 Å². The SMILES string of the molecule is Cc1cc(Cl)cc(O)c1-c1cc2ncn(CC3(F)CCN(C)CC3)c2nn1. The highest BCUT2D eigenvalue weighted by atomic mass is 35.5. The van der Waals surface area contributed by atoms with Crippen LogP contribution in [0.5, 0.6) is 5.75 Å². The fourth-order valence-corrected chi connectivity index (χ4v) is 3.91. The van der Waals surface area contributed by atoms with Gasteiger partial charge >= 0.3 is 0 Å². The first-order chi connectivity index (χ1) is 12.8. The average Bonchev–Trinajstić information content (AvgIpc) is 2.99. The number of nitrogens with zero attached hydrogens (tertiary/aromatic N) is 5. The highest BCUT2D eigenvalue weighted by Gasteiger charge is 2.34. The van der Waals surface area contributed by atoms with Crippen LogP contribution in [0.4, 0.5) is 4.39 Å². The summed E-state index contributed by atoms with van der Waals surface area (Å²) in [7, 11) is 2.01. The predicted octanol–water partition coefficient (Wildman–Crippen LogP) is 3.59. The van der Waals surface area contributed by atoms with Gasteiger partial charge < -0.3 is 14.6 Å². The van der Waals surface area contributed by atoms with E-state index in [1.807, 2.05) is 14.0 Å². The Labute approximate surface area is 161 Å². The number of alkyl halides is 1. The van der Waals surface area contributed by atoms with Crippen molar-refractivity contribution in [2.75, 3.05) is 20.1 Å². The summed E-state index contributed by atoms with van der Waals surface area (Å²) in [4.78, 5) is 6.50. The summed E-state index contributed by atoms with van der Waals surface area (Å²) >= 11 is 5.97. The molecule has 27 heavy (non-hydrogen) atoms. The van der Waals surface area contributed by atoms with E-state index < -0.39 is 5.67 Å². The molecule has 4 rings (SSSR count). The Morgan fingerprint density at radius 2 is 1.96 bits per heavy atom. The number of aryl methyl sites for hydroxylation is 1. The van der Waals surface area contributed by atoms with Crippen LogP contribution >= 0.6 is 11.6 Å². The minimum absolute atomic E-state index is 0.0436. The Hall–Kier alpha value is -2.25. The van der Waals surface area contributed by atoms with Crippen molar-refractivity contribution in [3.05, 3.63) is 35.1 Å². The van der Waals surface area contributed by atoms with E-state index in [1.54, 1.807) is 23.0 Å². The molecule has 6 nitrogen and oxygen atoms in total. The number of piperidine rings is 1. The van der Waals surface area contributed by atoms with Gasteiger partial charge in [0, 0.05) is 23.7 Å². The molecule has 3 aromatic rings. The molecule has 0 spiro atoms. The molecule has 1 aromatic carbocycles. The van der Waals surface area contributed by atoms with Crippen LogP contribution in [-0.4, -0.2) is 55.6 Å². The third-order valence-corrected chi connectivity index (χ3v) is 5.45. The van der Waals surface area contributed by atoms with E-state index in [0.717, 1.165) is 18.7 Å². The van der Waals surface area contributed by atoms with E-state index in [-0.39, 0.29) is 12.3 Å². The number of phenolic OH excluding ortho intramolecular Hbond substituents is 1. The fraction of sp³-hybridized carbons (Fsp3) is 0.421. The van der Waals surface area contributed by atoms with Crippen molar-refractivity contribution < 1.29 is 9.50 Å². The van der Waals surface area contributed by atoms with Gasteiger partial charge in [0.05, 0.1) is 18.6 Å². The molecule has 0 radical (unpaired) electrons. The molecule has 0 unspecified atom stereocenters. The third-order valence-electron chi connectivity index (χ3n) is 5.24. The largest absolute Gasteiger partial charge is 0.507 e. The standard InChI is InChI=1S/C19H21ClFN5O/c1-12-7-13(20)8-16(27)17(12)14-9-15-18(24-23-14)26(11-22-15)10-19(21)3-5-25(2)6-4-19/h7-9,11,27H,3-6,10H2,1-2H3. The minimum atomic E-state index is -1.26. The minimum Gasteiger partial charge on any atom is -0.507 e. The second-order valence-corrected chi connectivity index (χ2v) is 7.82. The van der Waals surface area contributed by atoms with Gasteiger partial charge in [-0.25, -0.2) is 9.37 Å². The van der Waals surface area contributed by atoms with Crippen LogP contribution < -0.4 is 0 Å². The summed E-state index contributed by atoms with van der Waals surface area (Å²) in [6, 6.07) is 4.99. The van der Waals surface area contributed by atoms with Crippen molar-refractivity contribution in [3.63, 3.8) is 0 Å². The number of hydrogen-bond acceptors (Lipinski definition) is 5. The molecular formula is C19H21ClFN5O. The van der Waals surface area contributed by atoms with E-state index in [1.165, 1.54) is 6.07 Å². The zero-order valence-corrected chi connectivity index (χ0v) is 16.0. The molecular weight excluding hydrogens is 369 g/mol. The Morgan fingerprint density at radius 3 is 2.67 bits per heavy atom. The van der Waals surface area contributed by atoms with Crippen LogP contribution in [0.25, 0.3) is 22.4 Å². The Bertz CT molecular complexity index is 974. The molecule has 0 amide bonds. The number of fused-ring (bicyclic) bond motifs is 1. The summed E-state index contributed by atoms with van der Waals surface area (Å²) in [5.74, 6) is 0.0436. The van der Waals surface area contributed by atoms with Gasteiger partial charge in [-0.1, -0.05) is 11.6 Å². The van der Waals surface area contributed by atoms with Crippen LogP contribution in [0.15, 0.2) is 24.5 Å². The van der Waals surface area contributed by atoms with Gasteiger partial charge in [-0.3, -0.25) is 0 Å². The topological polar surface area (TPSA) is 67.1 Å². The van der Waals surface area contributed by atoms with Crippen LogP contribution in [0.1, 0.15) is 18.4 Å². The lowest BCUT2D eigenvalue weighted by Gasteiger charge is -2.34. The summed E-state index contributed by atoms with van der Waals surface area (Å²) in [5.41, 5.74) is 1.77. The van der Waals surface area contributed by atoms with Gasteiger partial charge in [0.25, 0.3) is 0 Å². The summed E-state index contributed by atoms with van der Waals surface area (Å²) in [5, 5.41) is 19.2. The highest BCUT2D eigenvalue weighted by Crippen LogP contribution is 2.35. The highest BCUT2D eigenvalue weighted by molar-refractivity contribution is 6.31. The number of likely N-dealkylation sites (tertiary alicyclic amines) is 1. The van der Waals surface area contributed by atoms with Gasteiger partial charge in [0.15, 0.2) is 5.65 Å². The number of aromatic nitrogens is 4. The quantitative estimate of drug-likeness (QED) is 0.741. The molecule has 2 aromatic heterocycles. The maximum Gasteiger partial charge on any atom is 0.182 e. The molecule has 1 saturated heterocycles. The summed E-state index contributed by atoms with van der Waals surface area (Å²) < 4.78 is 16.9. The van der Waals surface area contributed by atoms with Gasteiger partial charge in [0.1, 0.15) is 16.9 Å². The zero-order chi connectivity index (χ0) is 19.2. The Morgan fingerprint density at radius 1 is 1.22 bits per heavy atom. The van der Waals surface area contributed by atoms with Crippen LogP contribution in [-0.2, 0) is 6.54 Å². The van der Waals surface area contributed by atoms with Gasteiger partial charge in [-0.2, -0.15) is 0 Å². The first-order valence-electron chi connectivity index (χ1n) is 8.90. The summed E-state index contributed by atoms with van der Waals surface area (Å²) in [6.07, 6.45) is 2.59. The van der Waals surface area contributed by atoms with Crippen molar-refractivity contribution in [1.82, 2.24) is 24.6 Å². The third kappa shape index (κ3) is 3.49. The number of benzene rings is 1. The van der Waals surface area contributed by atoms with E-state index in [0.29, 0.717) is 40.3 Å². The predicted molar refractivity (Wildman–Crippen MR) is 103 cm³/mol. The number of imidazole rings is 1. The molecule has 0 aliphatic carbocycles. The van der Waals surface area contributed by atoms with Gasteiger partial charge in [-0.15, -0.1) is 10.2 Å². The number of halogens is 2. The number of hydrogen-bond donors (Lipinski definition) is 1. The molecule has 3 heterocycles. The summed E-state index contributed by atoms with van der Waals surface area (Å²) in [6.45, 7) is 3.55. The van der Waals surface area contributed by atoms with Crippen LogP contribution in [0, 0.1) is 6.92 Å². The normalized spacial score (nSPS) is 17.5. The zero-order valence-electron chi connectivity index (χ0n) is 15.3. The van der Waals surface area contributed by atoms with E-state index in [4.69, 9.17) is 11.6 Å². The first-order valence-corrected chi connectivity index (χ1v) is 9.28. The van der Waals surface area contributed by atoms with Gasteiger partial charge in [-0.05, 0) is 50.6 Å². The maximum absolute atomic E-state index is 15.2. The lowest BCUT2D eigenvalue weighted by molar-refractivity contribution is 0.0540. The molecule has 0 bridgehead atoms. The monoisotopic (exact) mass is 389 g/mol. The second-order valence-electron chi connectivity index (χ2n) is 7.38. The Kier molecular flexibility index (Phi) is 4.52. The number of rotatable bonds is 3. The molecule has 1 aliphatic rings. The van der Waals surface area contributed by atoms with Crippen molar-refractivity contribution in [3.8, 4) is 17.0 Å². The van der Waals surface area contributed by atoms with E-state index >= 15 is 4.39 Å². The van der Waals surface area contributed by atoms with Crippen molar-refractivity contribution >= 4 is 22.8 Å². The van der Waals surface area contributed by atoms with E-state index in [9.17, 15) is 5.11 Å². The molecule has 1 fully saturated rings. The second kappa shape index (κ2) is 6.73. The van der Waals surface area contributed by atoms with Crippen LogP contribution in [0.3, 0.4) is 0 Å². The average molecular weight is 390 g/mol. The lowest BCUT2D eigenvalue weighted by Crippen LogP contribution is -2.42. The molecule has 1 aliphatic heterocycles. The molecule has 8 heteroatoms. The van der Waals surface area contributed by atoms with Crippen molar-refractivity contribution in [2.24, 2.45) is 0 Å². The lowest BCUT2D eigenvalue weighted by atomic mass is 9.93.